The van der Waals surface area contributed by atoms with Gasteiger partial charge in [0.15, 0.2) is 0 Å². The van der Waals surface area contributed by atoms with E-state index in [0.717, 1.165) is 50.8 Å². The minimum atomic E-state index is -0.631. The number of ether oxygens (including phenoxy) is 2. The molecule has 2 aliphatic heterocycles. The van der Waals surface area contributed by atoms with E-state index in [9.17, 15) is 9.90 Å². The van der Waals surface area contributed by atoms with Gasteiger partial charge in [-0.3, -0.25) is 10.3 Å². The van der Waals surface area contributed by atoms with Crippen molar-refractivity contribution in [3.8, 4) is 0 Å². The smallest absolute Gasteiger partial charge is 0.348 e. The standard InChI is InChI=1S/C27H38N3O4/c1-3-16-34-26(32)25-20(2)29-27(28)30-22(14-15-24(25)30)18-23(31)13-9-4-5-10-17-33-19-21-11-7-6-8-12-21/h3,6-8,11-12,22-24H,1,4-5,9-10,13-19H2,2H3,(H2,28,29,32)/q-1/p+1/t22-,23-,24?/m0/s1. The Morgan fingerprint density at radius 1 is 1.26 bits per heavy atom. The van der Waals surface area contributed by atoms with E-state index < -0.39 is 6.10 Å². The molecule has 0 aliphatic carbocycles. The van der Waals surface area contributed by atoms with Crippen LogP contribution in [0.25, 0.3) is 0 Å². The maximum atomic E-state index is 12.7. The average Bonchev–Trinajstić information content (AvgIpc) is 3.23. The molecule has 1 aromatic carbocycles. The van der Waals surface area contributed by atoms with E-state index in [1.807, 2.05) is 29.7 Å². The van der Waals surface area contributed by atoms with Crippen molar-refractivity contribution < 1.29 is 24.0 Å². The van der Waals surface area contributed by atoms with Crippen LogP contribution in [0.2, 0.25) is 0 Å². The van der Waals surface area contributed by atoms with Gasteiger partial charge in [-0.15, -0.1) is 6.10 Å². The normalized spacial score (nSPS) is 20.6. The van der Waals surface area contributed by atoms with E-state index in [4.69, 9.17) is 15.2 Å². The van der Waals surface area contributed by atoms with Crippen molar-refractivity contribution in [3.05, 3.63) is 59.8 Å². The summed E-state index contributed by atoms with van der Waals surface area (Å²) in [5, 5.41) is 15.8. The molecule has 0 spiro atoms. The molecule has 1 unspecified atom stereocenters. The molecule has 186 valence electrons. The van der Waals surface area contributed by atoms with E-state index in [-0.39, 0.29) is 24.7 Å². The Balaban J connectivity index is 1.36. The van der Waals surface area contributed by atoms with Gasteiger partial charge in [-0.25, -0.2) is 10.1 Å². The first-order valence-electron chi connectivity index (χ1n) is 12.4. The summed E-state index contributed by atoms with van der Waals surface area (Å²) in [4.78, 5) is 12.6. The number of benzene rings is 1. The van der Waals surface area contributed by atoms with Crippen LogP contribution in [-0.2, 0) is 20.9 Å². The first-order valence-corrected chi connectivity index (χ1v) is 12.4. The molecule has 3 atom stereocenters. The van der Waals surface area contributed by atoms with Gasteiger partial charge in [0.25, 0.3) is 0 Å². The van der Waals surface area contributed by atoms with E-state index in [2.05, 4.69) is 24.0 Å². The van der Waals surface area contributed by atoms with Gasteiger partial charge >= 0.3 is 11.9 Å². The lowest BCUT2D eigenvalue weighted by Gasteiger charge is -2.29. The van der Waals surface area contributed by atoms with Gasteiger partial charge in [-0.2, -0.15) is 0 Å². The molecular formula is C27H39N3O4. The summed E-state index contributed by atoms with van der Waals surface area (Å²) in [5.74, 6) is 0.174. The fraction of sp³-hybridized carbons (Fsp3) is 0.556. The van der Waals surface area contributed by atoms with Crippen LogP contribution in [-0.4, -0.2) is 47.9 Å². The molecule has 1 aromatic rings. The zero-order chi connectivity index (χ0) is 24.3. The SMILES string of the molecule is C=CCOC(=O)C1=C(C)NC(N)=[N+]2C1CC[C@H]2C[C@@H]([O-])CCCCCCOCc1ccccc1. The molecule has 0 amide bonds. The number of allylic oxidation sites excluding steroid dienone is 1. The summed E-state index contributed by atoms with van der Waals surface area (Å²) in [6, 6.07) is 10.1. The van der Waals surface area contributed by atoms with Crippen molar-refractivity contribution in [1.29, 1.82) is 0 Å². The Bertz CT molecular complexity index is 881. The minimum absolute atomic E-state index is 0.0432. The molecular weight excluding hydrogens is 430 g/mol. The first-order chi connectivity index (χ1) is 16.5. The Labute approximate surface area is 203 Å². The third-order valence-corrected chi connectivity index (χ3v) is 6.60. The topological polar surface area (TPSA) is 99.7 Å². The van der Waals surface area contributed by atoms with Gasteiger partial charge < -0.3 is 14.6 Å². The van der Waals surface area contributed by atoms with E-state index >= 15 is 0 Å². The van der Waals surface area contributed by atoms with Crippen molar-refractivity contribution in [1.82, 2.24) is 5.32 Å². The number of nitrogens with zero attached hydrogens (tertiary/aromatic N) is 1. The average molecular weight is 470 g/mol. The highest BCUT2D eigenvalue weighted by Gasteiger charge is 2.43. The van der Waals surface area contributed by atoms with Gasteiger partial charge in [0.1, 0.15) is 18.2 Å². The van der Waals surface area contributed by atoms with Crippen LogP contribution in [0.5, 0.6) is 0 Å². The predicted molar refractivity (Wildman–Crippen MR) is 131 cm³/mol. The third-order valence-electron chi connectivity index (χ3n) is 6.60. The largest absolute Gasteiger partial charge is 0.852 e. The van der Waals surface area contributed by atoms with Crippen LogP contribution < -0.4 is 16.2 Å². The van der Waals surface area contributed by atoms with Gasteiger partial charge in [-0.05, 0) is 38.2 Å². The van der Waals surface area contributed by atoms with Crippen LogP contribution in [0.1, 0.15) is 63.9 Å². The van der Waals surface area contributed by atoms with Crippen molar-refractivity contribution in [3.63, 3.8) is 0 Å². The lowest BCUT2D eigenvalue weighted by atomic mass is 10.0. The van der Waals surface area contributed by atoms with Crippen LogP contribution in [0.4, 0.5) is 0 Å². The molecule has 3 N–H and O–H groups in total. The van der Waals surface area contributed by atoms with Gasteiger partial charge in [0, 0.05) is 6.61 Å². The van der Waals surface area contributed by atoms with Crippen LogP contribution in [0, 0.1) is 0 Å². The number of unbranched alkanes of at least 4 members (excludes halogenated alkanes) is 3. The predicted octanol–water partition coefficient (Wildman–Crippen LogP) is 2.74. The Kier molecular flexibility index (Phi) is 10.2. The summed E-state index contributed by atoms with van der Waals surface area (Å²) < 4.78 is 13.0. The molecule has 0 radical (unpaired) electrons. The van der Waals surface area contributed by atoms with Crippen molar-refractivity contribution in [2.45, 2.75) is 83.1 Å². The maximum absolute atomic E-state index is 12.7. The molecule has 2 heterocycles. The highest BCUT2D eigenvalue weighted by molar-refractivity contribution is 5.92. The lowest BCUT2D eigenvalue weighted by molar-refractivity contribution is -0.582. The third kappa shape index (κ3) is 7.18. The number of fused-ring (bicyclic) bond motifs is 1. The summed E-state index contributed by atoms with van der Waals surface area (Å²) in [6.07, 6.45) is 7.82. The second-order valence-corrected chi connectivity index (χ2v) is 9.19. The highest BCUT2D eigenvalue weighted by Crippen LogP contribution is 2.31. The van der Waals surface area contributed by atoms with Crippen molar-refractivity contribution in [2.75, 3.05) is 13.2 Å². The van der Waals surface area contributed by atoms with Gasteiger partial charge in [0.2, 0.25) is 0 Å². The number of hydrogen-bond donors (Lipinski definition) is 2. The number of esters is 1. The summed E-state index contributed by atoms with van der Waals surface area (Å²) in [5.41, 5.74) is 8.79. The minimum Gasteiger partial charge on any atom is -0.852 e. The Hall–Kier alpha value is -2.64. The van der Waals surface area contributed by atoms with Crippen LogP contribution in [0.3, 0.4) is 0 Å². The fourth-order valence-corrected chi connectivity index (χ4v) is 4.95. The first kappa shape index (κ1) is 26.0. The highest BCUT2D eigenvalue weighted by atomic mass is 16.5. The van der Waals surface area contributed by atoms with Gasteiger partial charge in [-0.1, -0.05) is 68.7 Å². The molecule has 3 rings (SSSR count). The van der Waals surface area contributed by atoms with E-state index in [0.29, 0.717) is 31.0 Å². The number of carbonyl (C=O) groups excluding carboxylic acids is 1. The van der Waals surface area contributed by atoms with Crippen LogP contribution in [0.15, 0.2) is 54.3 Å². The molecule has 2 aliphatic rings. The second-order valence-electron chi connectivity index (χ2n) is 9.19. The maximum Gasteiger partial charge on any atom is 0.348 e. The van der Waals surface area contributed by atoms with Crippen molar-refractivity contribution >= 4 is 11.9 Å². The monoisotopic (exact) mass is 469 g/mol. The molecule has 0 bridgehead atoms. The van der Waals surface area contributed by atoms with Crippen molar-refractivity contribution in [2.24, 2.45) is 5.73 Å². The quantitative estimate of drug-likeness (QED) is 0.188. The van der Waals surface area contributed by atoms with E-state index in [1.54, 1.807) is 6.08 Å². The Morgan fingerprint density at radius 2 is 2.03 bits per heavy atom. The fourth-order valence-electron chi connectivity index (χ4n) is 4.95. The zero-order valence-corrected chi connectivity index (χ0v) is 20.3. The molecule has 7 heteroatoms. The number of hydrogen-bond acceptors (Lipinski definition) is 6. The molecule has 34 heavy (non-hydrogen) atoms. The number of nitrogens with one attached hydrogen (secondary N) is 1. The molecule has 1 saturated heterocycles. The molecule has 0 aromatic heterocycles. The second kappa shape index (κ2) is 13.3. The Morgan fingerprint density at radius 3 is 2.79 bits per heavy atom. The molecule has 1 fully saturated rings. The number of carbonyl (C=O) groups is 1. The molecule has 0 saturated carbocycles. The summed E-state index contributed by atoms with van der Waals surface area (Å²) in [6.45, 7) is 7.01. The van der Waals surface area contributed by atoms with Gasteiger partial charge in [0.05, 0.1) is 18.3 Å². The lowest BCUT2D eigenvalue weighted by Crippen LogP contribution is -2.51. The number of nitrogens with two attached hydrogens (primary N) is 1. The number of guanidine groups is 1. The number of rotatable bonds is 14. The summed E-state index contributed by atoms with van der Waals surface area (Å²) >= 11 is 0. The van der Waals surface area contributed by atoms with E-state index in [1.165, 1.54) is 5.56 Å². The summed E-state index contributed by atoms with van der Waals surface area (Å²) in [7, 11) is 0. The molecule has 7 nitrogen and oxygen atoms in total. The van der Waals surface area contributed by atoms with Crippen LogP contribution >= 0.6 is 0 Å². The zero-order valence-electron chi connectivity index (χ0n) is 20.3.